The summed E-state index contributed by atoms with van der Waals surface area (Å²) in [6, 6.07) is 7.72. The highest BCUT2D eigenvalue weighted by Crippen LogP contribution is 2.16. The molecule has 0 aliphatic carbocycles. The van der Waals surface area contributed by atoms with E-state index in [1.165, 1.54) is 0 Å². The van der Waals surface area contributed by atoms with Crippen LogP contribution in [0.2, 0.25) is 0 Å². The van der Waals surface area contributed by atoms with Crippen LogP contribution in [0.5, 0.6) is 5.75 Å². The number of rotatable bonds is 4. The van der Waals surface area contributed by atoms with Crippen molar-refractivity contribution in [1.29, 1.82) is 0 Å². The molecule has 0 unspecified atom stereocenters. The lowest BCUT2D eigenvalue weighted by Crippen LogP contribution is -2.45. The topological polar surface area (TPSA) is 58.8 Å². The predicted molar refractivity (Wildman–Crippen MR) is 79.6 cm³/mol. The van der Waals surface area contributed by atoms with Crippen LogP contribution in [0.15, 0.2) is 24.3 Å². The summed E-state index contributed by atoms with van der Waals surface area (Å²) in [4.78, 5) is 16.2. The molecule has 0 saturated carbocycles. The second kappa shape index (κ2) is 6.61. The van der Waals surface area contributed by atoms with Crippen molar-refractivity contribution >= 4 is 11.6 Å². The number of ether oxygens (including phenoxy) is 1. The zero-order valence-electron chi connectivity index (χ0n) is 12.2. The van der Waals surface area contributed by atoms with Gasteiger partial charge in [0.2, 0.25) is 0 Å². The highest BCUT2D eigenvalue weighted by molar-refractivity contribution is 5.77. The molecule has 110 valence electrons. The molecule has 0 aromatic heterocycles. The highest BCUT2D eigenvalue weighted by atomic mass is 16.5. The van der Waals surface area contributed by atoms with E-state index in [4.69, 9.17) is 10.5 Å². The predicted octanol–water partition coefficient (Wildman–Crippen LogP) is 1.20. The maximum Gasteiger partial charge on any atom is 0.260 e. The minimum absolute atomic E-state index is 0.0460. The summed E-state index contributed by atoms with van der Waals surface area (Å²) < 4.78 is 5.49. The van der Waals surface area contributed by atoms with E-state index >= 15 is 0 Å². The average molecular weight is 277 g/mol. The Balaban J connectivity index is 1.78. The molecule has 20 heavy (non-hydrogen) atoms. The van der Waals surface area contributed by atoms with Crippen LogP contribution >= 0.6 is 0 Å². The Labute approximate surface area is 120 Å². The van der Waals surface area contributed by atoms with Crippen molar-refractivity contribution in [1.82, 2.24) is 9.80 Å². The molecule has 2 rings (SSSR count). The molecule has 0 spiro atoms. The van der Waals surface area contributed by atoms with Gasteiger partial charge in [0.05, 0.1) is 0 Å². The number of anilines is 1. The van der Waals surface area contributed by atoms with Crippen molar-refractivity contribution in [2.24, 2.45) is 0 Å². The molecule has 2 N–H and O–H groups in total. The second-order valence-electron chi connectivity index (χ2n) is 5.44. The average Bonchev–Trinajstić information content (AvgIpc) is 2.45. The molecule has 1 aliphatic rings. The van der Waals surface area contributed by atoms with Gasteiger partial charge in [-0.2, -0.15) is 0 Å². The van der Waals surface area contributed by atoms with Gasteiger partial charge in [0.1, 0.15) is 5.75 Å². The van der Waals surface area contributed by atoms with Crippen LogP contribution in [0.4, 0.5) is 5.69 Å². The van der Waals surface area contributed by atoms with Crippen LogP contribution in [0.25, 0.3) is 0 Å². The molecule has 1 fully saturated rings. The Bertz CT molecular complexity index is 454. The van der Waals surface area contributed by atoms with Gasteiger partial charge in [0, 0.05) is 30.9 Å². The first kappa shape index (κ1) is 14.7. The fourth-order valence-corrected chi connectivity index (χ4v) is 2.47. The van der Waals surface area contributed by atoms with Gasteiger partial charge < -0.3 is 20.3 Å². The summed E-state index contributed by atoms with van der Waals surface area (Å²) in [5.74, 6) is 0.686. The Kier molecular flexibility index (Phi) is 4.84. The number of hydrogen-bond acceptors (Lipinski definition) is 4. The largest absolute Gasteiger partial charge is 0.484 e. The van der Waals surface area contributed by atoms with E-state index in [-0.39, 0.29) is 12.5 Å². The number of nitrogens with two attached hydrogens (primary N) is 1. The normalized spacial score (nSPS) is 16.4. The van der Waals surface area contributed by atoms with Gasteiger partial charge in [-0.1, -0.05) is 6.07 Å². The summed E-state index contributed by atoms with van der Waals surface area (Å²) in [6.07, 6.45) is 2.05. The van der Waals surface area contributed by atoms with Gasteiger partial charge in [-0.15, -0.1) is 0 Å². The maximum atomic E-state index is 12.1. The van der Waals surface area contributed by atoms with E-state index in [0.717, 1.165) is 25.9 Å². The van der Waals surface area contributed by atoms with E-state index in [9.17, 15) is 4.79 Å². The Hall–Kier alpha value is -1.75. The summed E-state index contributed by atoms with van der Waals surface area (Å²) in [5.41, 5.74) is 6.31. The molecule has 0 radical (unpaired) electrons. The van der Waals surface area contributed by atoms with Crippen molar-refractivity contribution in [3.05, 3.63) is 24.3 Å². The molecule has 1 aliphatic heterocycles. The quantitative estimate of drug-likeness (QED) is 0.840. The number of carbonyl (C=O) groups is 1. The minimum Gasteiger partial charge on any atom is -0.484 e. The fraction of sp³-hybridized carbons (Fsp3) is 0.533. The highest BCUT2D eigenvalue weighted by Gasteiger charge is 2.23. The number of nitrogens with zero attached hydrogens (tertiary/aromatic N) is 2. The number of carbonyl (C=O) groups excluding carboxylic acids is 1. The van der Waals surface area contributed by atoms with Crippen LogP contribution in [0.1, 0.15) is 12.8 Å². The monoisotopic (exact) mass is 277 g/mol. The second-order valence-corrected chi connectivity index (χ2v) is 5.44. The van der Waals surface area contributed by atoms with E-state index < -0.39 is 0 Å². The molecular formula is C15H23N3O2. The van der Waals surface area contributed by atoms with Gasteiger partial charge in [0.25, 0.3) is 5.91 Å². The minimum atomic E-state index is 0.0460. The number of likely N-dealkylation sites (tertiary alicyclic amines) is 1. The molecule has 1 saturated heterocycles. The lowest BCUT2D eigenvalue weighted by molar-refractivity contribution is -0.134. The number of piperidine rings is 1. The Morgan fingerprint density at radius 3 is 2.70 bits per heavy atom. The molecule has 5 heteroatoms. The summed E-state index contributed by atoms with van der Waals surface area (Å²) in [5, 5.41) is 0. The number of nitrogen functional groups attached to an aromatic ring is 1. The molecule has 1 amide bonds. The summed E-state index contributed by atoms with van der Waals surface area (Å²) in [7, 11) is 4.18. The van der Waals surface area contributed by atoms with E-state index in [0.29, 0.717) is 17.5 Å². The Morgan fingerprint density at radius 1 is 1.40 bits per heavy atom. The first-order valence-corrected chi connectivity index (χ1v) is 6.99. The van der Waals surface area contributed by atoms with E-state index in [2.05, 4.69) is 19.0 Å². The van der Waals surface area contributed by atoms with Crippen molar-refractivity contribution < 1.29 is 9.53 Å². The zero-order valence-corrected chi connectivity index (χ0v) is 12.2. The van der Waals surface area contributed by atoms with Gasteiger partial charge in [0.15, 0.2) is 6.61 Å². The SMILES string of the molecule is CN(C)C1CCN(C(=O)COc2cccc(N)c2)CC1. The molecular weight excluding hydrogens is 254 g/mol. The van der Waals surface area contributed by atoms with Crippen LogP contribution in [-0.2, 0) is 4.79 Å². The van der Waals surface area contributed by atoms with Gasteiger partial charge in [-0.25, -0.2) is 0 Å². The number of hydrogen-bond donors (Lipinski definition) is 1. The maximum absolute atomic E-state index is 12.1. The van der Waals surface area contributed by atoms with Crippen molar-refractivity contribution in [3.63, 3.8) is 0 Å². The van der Waals surface area contributed by atoms with Crippen molar-refractivity contribution in [3.8, 4) is 5.75 Å². The molecule has 0 bridgehead atoms. The number of benzene rings is 1. The Morgan fingerprint density at radius 2 is 2.10 bits per heavy atom. The van der Waals surface area contributed by atoms with Crippen LogP contribution in [-0.4, -0.2) is 55.5 Å². The first-order chi connectivity index (χ1) is 9.56. The standard InChI is InChI=1S/C15H23N3O2/c1-17(2)13-6-8-18(9-7-13)15(19)11-20-14-5-3-4-12(16)10-14/h3-5,10,13H,6-9,11,16H2,1-2H3. The summed E-state index contributed by atoms with van der Waals surface area (Å²) >= 11 is 0. The lowest BCUT2D eigenvalue weighted by Gasteiger charge is -2.35. The lowest BCUT2D eigenvalue weighted by atomic mass is 10.0. The van der Waals surface area contributed by atoms with Crippen LogP contribution < -0.4 is 10.5 Å². The van der Waals surface area contributed by atoms with Crippen molar-refractivity contribution in [2.75, 3.05) is 39.5 Å². The van der Waals surface area contributed by atoms with E-state index in [1.54, 1.807) is 12.1 Å². The van der Waals surface area contributed by atoms with Crippen molar-refractivity contribution in [2.45, 2.75) is 18.9 Å². The van der Waals surface area contributed by atoms with E-state index in [1.807, 2.05) is 17.0 Å². The third-order valence-electron chi connectivity index (χ3n) is 3.77. The zero-order chi connectivity index (χ0) is 14.5. The molecule has 1 aromatic rings. The smallest absolute Gasteiger partial charge is 0.260 e. The van der Waals surface area contributed by atoms with Crippen LogP contribution in [0, 0.1) is 0 Å². The van der Waals surface area contributed by atoms with Gasteiger partial charge in [-0.05, 0) is 39.1 Å². The third kappa shape index (κ3) is 3.87. The fourth-order valence-electron chi connectivity index (χ4n) is 2.47. The third-order valence-corrected chi connectivity index (χ3v) is 3.77. The van der Waals surface area contributed by atoms with Crippen LogP contribution in [0.3, 0.4) is 0 Å². The van der Waals surface area contributed by atoms with Gasteiger partial charge in [-0.3, -0.25) is 4.79 Å². The van der Waals surface area contributed by atoms with Gasteiger partial charge >= 0.3 is 0 Å². The molecule has 1 aromatic carbocycles. The molecule has 1 heterocycles. The molecule has 5 nitrogen and oxygen atoms in total. The number of amides is 1. The molecule has 0 atom stereocenters. The summed E-state index contributed by atoms with van der Waals surface area (Å²) in [6.45, 7) is 1.69. The first-order valence-electron chi connectivity index (χ1n) is 6.99.